The van der Waals surface area contributed by atoms with Gasteiger partial charge >= 0.3 is 0 Å². The van der Waals surface area contributed by atoms with Crippen LogP contribution in [-0.2, 0) is 0 Å². The molecule has 76 valence electrons. The largest absolute Gasteiger partial charge is 0.508 e. The molecule has 1 fully saturated rings. The second-order valence-electron chi connectivity index (χ2n) is 4.36. The van der Waals surface area contributed by atoms with Crippen molar-refractivity contribution in [2.45, 2.75) is 38.5 Å². The molecule has 1 N–H and O–H groups in total. The fourth-order valence-corrected chi connectivity index (χ4v) is 2.58. The summed E-state index contributed by atoms with van der Waals surface area (Å²) in [6.45, 7) is 4.27. The number of hydrogen-bond donors (Lipinski definition) is 1. The Kier molecular flexibility index (Phi) is 2.56. The average molecular weight is 255 g/mol. The highest BCUT2D eigenvalue weighted by molar-refractivity contribution is 9.10. The second-order valence-corrected chi connectivity index (χ2v) is 5.22. The normalized spacial score (nSPS) is 16.3. The van der Waals surface area contributed by atoms with Gasteiger partial charge in [0.2, 0.25) is 0 Å². The molecular weight excluding hydrogens is 240 g/mol. The number of aromatic hydroxyl groups is 1. The van der Waals surface area contributed by atoms with E-state index in [-0.39, 0.29) is 0 Å². The molecule has 1 saturated carbocycles. The minimum Gasteiger partial charge on any atom is -0.508 e. The molecule has 0 radical (unpaired) electrons. The van der Waals surface area contributed by atoms with Crippen LogP contribution < -0.4 is 0 Å². The van der Waals surface area contributed by atoms with Gasteiger partial charge in [-0.1, -0.05) is 29.8 Å². The summed E-state index contributed by atoms with van der Waals surface area (Å²) < 4.78 is 1.13. The number of benzene rings is 1. The topological polar surface area (TPSA) is 20.2 Å². The summed E-state index contributed by atoms with van der Waals surface area (Å²) in [7, 11) is 0. The predicted molar refractivity (Wildman–Crippen MR) is 61.9 cm³/mol. The molecule has 1 nitrogen and oxygen atoms in total. The monoisotopic (exact) mass is 254 g/mol. The maximum Gasteiger partial charge on any atom is 0.119 e. The van der Waals surface area contributed by atoms with Crippen LogP contribution in [-0.4, -0.2) is 5.11 Å². The zero-order chi connectivity index (χ0) is 10.3. The van der Waals surface area contributed by atoms with Crippen molar-refractivity contribution in [2.24, 2.45) is 0 Å². The number of rotatable bonds is 2. The highest BCUT2D eigenvalue weighted by atomic mass is 79.9. The molecule has 0 spiro atoms. The quantitative estimate of drug-likeness (QED) is 0.841. The van der Waals surface area contributed by atoms with Crippen LogP contribution in [0.4, 0.5) is 0 Å². The van der Waals surface area contributed by atoms with E-state index >= 15 is 0 Å². The number of phenols is 1. The molecule has 2 heteroatoms. The van der Waals surface area contributed by atoms with Gasteiger partial charge in [0, 0.05) is 4.47 Å². The fraction of sp³-hybridized carbons (Fsp3) is 0.500. The van der Waals surface area contributed by atoms with Gasteiger partial charge in [0.25, 0.3) is 0 Å². The Morgan fingerprint density at radius 2 is 2.00 bits per heavy atom. The van der Waals surface area contributed by atoms with E-state index in [9.17, 15) is 5.11 Å². The summed E-state index contributed by atoms with van der Waals surface area (Å²) in [5, 5.41) is 9.85. The molecular formula is C12H15BrO. The fourth-order valence-electron chi connectivity index (χ4n) is 1.76. The predicted octanol–water partition coefficient (Wildman–Crippen LogP) is 4.16. The van der Waals surface area contributed by atoms with Crippen molar-refractivity contribution < 1.29 is 5.11 Å². The third-order valence-corrected chi connectivity index (χ3v) is 3.47. The standard InChI is InChI=1S/C12H15BrO/c1-7(2)9-6-12(14)10(5-11(9)13)8-3-4-8/h5-8,14H,3-4H2,1-2H3. The summed E-state index contributed by atoms with van der Waals surface area (Å²) in [6, 6.07) is 3.99. The van der Waals surface area contributed by atoms with E-state index in [1.807, 2.05) is 6.07 Å². The van der Waals surface area contributed by atoms with Crippen LogP contribution in [0, 0.1) is 0 Å². The zero-order valence-corrected chi connectivity index (χ0v) is 10.1. The highest BCUT2D eigenvalue weighted by Crippen LogP contribution is 2.46. The minimum atomic E-state index is 0.448. The van der Waals surface area contributed by atoms with E-state index in [0.717, 1.165) is 10.0 Å². The van der Waals surface area contributed by atoms with Crippen molar-refractivity contribution in [3.63, 3.8) is 0 Å². The Morgan fingerprint density at radius 1 is 1.36 bits per heavy atom. The SMILES string of the molecule is CC(C)c1cc(O)c(C2CC2)cc1Br. The summed E-state index contributed by atoms with van der Waals surface area (Å²) >= 11 is 3.57. The van der Waals surface area contributed by atoms with Gasteiger partial charge in [-0.25, -0.2) is 0 Å². The Hall–Kier alpha value is -0.500. The maximum absolute atomic E-state index is 9.85. The Bertz CT molecular complexity index is 326. The van der Waals surface area contributed by atoms with Crippen LogP contribution in [0.1, 0.15) is 49.7 Å². The van der Waals surface area contributed by atoms with E-state index in [1.165, 1.54) is 18.4 Å². The molecule has 0 saturated heterocycles. The summed E-state index contributed by atoms with van der Waals surface area (Å²) in [5.74, 6) is 1.52. The first kappa shape index (κ1) is 10.0. The summed E-state index contributed by atoms with van der Waals surface area (Å²) in [6.07, 6.45) is 2.45. The third kappa shape index (κ3) is 1.81. The van der Waals surface area contributed by atoms with E-state index in [0.29, 0.717) is 17.6 Å². The van der Waals surface area contributed by atoms with Gasteiger partial charge in [-0.05, 0) is 47.9 Å². The van der Waals surface area contributed by atoms with Gasteiger partial charge in [0.05, 0.1) is 0 Å². The lowest BCUT2D eigenvalue weighted by Gasteiger charge is -2.12. The molecule has 0 amide bonds. The molecule has 1 aliphatic carbocycles. The molecule has 1 aromatic carbocycles. The van der Waals surface area contributed by atoms with Crippen molar-refractivity contribution in [1.29, 1.82) is 0 Å². The second kappa shape index (κ2) is 3.58. The molecule has 0 heterocycles. The van der Waals surface area contributed by atoms with Gasteiger partial charge in [0.1, 0.15) is 5.75 Å². The summed E-state index contributed by atoms with van der Waals surface area (Å²) in [5.41, 5.74) is 2.30. The average Bonchev–Trinajstić information content (AvgIpc) is 2.91. The van der Waals surface area contributed by atoms with Crippen LogP contribution in [0.2, 0.25) is 0 Å². The maximum atomic E-state index is 9.85. The lowest BCUT2D eigenvalue weighted by molar-refractivity contribution is 0.467. The first-order valence-corrected chi connectivity index (χ1v) is 5.91. The van der Waals surface area contributed by atoms with Gasteiger partial charge < -0.3 is 5.11 Å². The van der Waals surface area contributed by atoms with E-state index in [2.05, 4.69) is 35.8 Å². The molecule has 0 atom stereocenters. The number of phenolic OH excluding ortho intramolecular Hbond substituents is 1. The number of halogens is 1. The van der Waals surface area contributed by atoms with Crippen molar-refractivity contribution in [1.82, 2.24) is 0 Å². The molecule has 0 bridgehead atoms. The van der Waals surface area contributed by atoms with Crippen molar-refractivity contribution in [3.05, 3.63) is 27.7 Å². The van der Waals surface area contributed by atoms with Crippen LogP contribution in [0.15, 0.2) is 16.6 Å². The van der Waals surface area contributed by atoms with Crippen molar-refractivity contribution in [2.75, 3.05) is 0 Å². The molecule has 0 aromatic heterocycles. The van der Waals surface area contributed by atoms with Gasteiger partial charge in [-0.15, -0.1) is 0 Å². The van der Waals surface area contributed by atoms with Crippen molar-refractivity contribution >= 4 is 15.9 Å². The van der Waals surface area contributed by atoms with Gasteiger partial charge in [0.15, 0.2) is 0 Å². The Labute approximate surface area is 93.3 Å². The van der Waals surface area contributed by atoms with E-state index < -0.39 is 0 Å². The van der Waals surface area contributed by atoms with E-state index in [4.69, 9.17) is 0 Å². The molecule has 1 aliphatic rings. The minimum absolute atomic E-state index is 0.448. The van der Waals surface area contributed by atoms with Crippen LogP contribution in [0.5, 0.6) is 5.75 Å². The Morgan fingerprint density at radius 3 is 2.50 bits per heavy atom. The van der Waals surface area contributed by atoms with Crippen LogP contribution >= 0.6 is 15.9 Å². The Balaban J connectivity index is 2.43. The molecule has 2 rings (SSSR count). The molecule has 14 heavy (non-hydrogen) atoms. The van der Waals surface area contributed by atoms with Gasteiger partial charge in [-0.2, -0.15) is 0 Å². The first-order chi connectivity index (χ1) is 6.59. The number of hydrogen-bond acceptors (Lipinski definition) is 1. The highest BCUT2D eigenvalue weighted by Gasteiger charge is 2.27. The molecule has 1 aromatic rings. The molecule has 0 unspecified atom stereocenters. The lowest BCUT2D eigenvalue weighted by atomic mass is 9.99. The lowest BCUT2D eigenvalue weighted by Crippen LogP contribution is -1.91. The summed E-state index contributed by atoms with van der Waals surface area (Å²) in [4.78, 5) is 0. The van der Waals surface area contributed by atoms with Crippen LogP contribution in [0.25, 0.3) is 0 Å². The van der Waals surface area contributed by atoms with Gasteiger partial charge in [-0.3, -0.25) is 0 Å². The third-order valence-electron chi connectivity index (χ3n) is 2.79. The molecule has 0 aliphatic heterocycles. The van der Waals surface area contributed by atoms with Crippen molar-refractivity contribution in [3.8, 4) is 5.75 Å². The van der Waals surface area contributed by atoms with Crippen LogP contribution in [0.3, 0.4) is 0 Å². The zero-order valence-electron chi connectivity index (χ0n) is 8.55. The van der Waals surface area contributed by atoms with E-state index in [1.54, 1.807) is 0 Å². The smallest absolute Gasteiger partial charge is 0.119 e. The first-order valence-electron chi connectivity index (χ1n) is 5.12.